The molecule has 0 bridgehead atoms. The molecule has 1 aliphatic rings. The average Bonchev–Trinajstić information content (AvgIpc) is 2.23. The Kier molecular flexibility index (Phi) is 1.72. The molecule has 1 heterocycles. The molecule has 0 saturated carbocycles. The van der Waals surface area contributed by atoms with Crippen molar-refractivity contribution in [3.05, 3.63) is 28.2 Å². The van der Waals surface area contributed by atoms with Crippen LogP contribution in [0.25, 0.3) is 0 Å². The molecule has 3 N–H and O–H groups in total. The van der Waals surface area contributed by atoms with Gasteiger partial charge in [-0.3, -0.25) is 4.79 Å². The highest BCUT2D eigenvalue weighted by Crippen LogP contribution is 2.35. The number of carbonyl (C=O) groups is 1. The highest BCUT2D eigenvalue weighted by molar-refractivity contribution is 9.10. The summed E-state index contributed by atoms with van der Waals surface area (Å²) < 4.78 is 0.934. The highest BCUT2D eigenvalue weighted by Gasteiger charge is 2.38. The highest BCUT2D eigenvalue weighted by atomic mass is 79.9. The molecule has 1 aromatic carbocycles. The lowest BCUT2D eigenvalue weighted by molar-refractivity contribution is -0.120. The van der Waals surface area contributed by atoms with Gasteiger partial charge >= 0.3 is 0 Å². The number of fused-ring (bicyclic) bond motifs is 1. The van der Waals surface area contributed by atoms with Gasteiger partial charge < -0.3 is 11.1 Å². The Balaban J connectivity index is 2.62. The van der Waals surface area contributed by atoms with Crippen LogP contribution in [0.15, 0.2) is 22.7 Å². The van der Waals surface area contributed by atoms with Gasteiger partial charge in [0.05, 0.1) is 0 Å². The first-order valence-corrected chi connectivity index (χ1v) is 4.71. The lowest BCUT2D eigenvalue weighted by atomic mass is 9.95. The fourth-order valence-corrected chi connectivity index (χ4v) is 1.81. The molecule has 0 aromatic heterocycles. The fraction of sp³-hybridized carbons (Fsp3) is 0.222. The quantitative estimate of drug-likeness (QED) is 0.724. The number of hydrogen-bond acceptors (Lipinski definition) is 2. The minimum absolute atomic E-state index is 0.152. The molecule has 0 fully saturated rings. The van der Waals surface area contributed by atoms with Crippen molar-refractivity contribution < 1.29 is 4.79 Å². The van der Waals surface area contributed by atoms with Gasteiger partial charge in [0.25, 0.3) is 0 Å². The van der Waals surface area contributed by atoms with E-state index in [4.69, 9.17) is 5.73 Å². The van der Waals surface area contributed by atoms with E-state index in [0.29, 0.717) is 0 Å². The summed E-state index contributed by atoms with van der Waals surface area (Å²) in [5.74, 6) is -0.152. The van der Waals surface area contributed by atoms with Gasteiger partial charge in [0.15, 0.2) is 0 Å². The van der Waals surface area contributed by atoms with E-state index in [-0.39, 0.29) is 5.91 Å². The van der Waals surface area contributed by atoms with E-state index in [1.54, 1.807) is 6.92 Å². The van der Waals surface area contributed by atoms with Crippen molar-refractivity contribution in [2.45, 2.75) is 12.5 Å². The fourth-order valence-electron chi connectivity index (χ4n) is 1.45. The second-order valence-corrected chi connectivity index (χ2v) is 4.26. The third kappa shape index (κ3) is 1.17. The molecule has 1 amide bonds. The largest absolute Gasteiger partial charge is 0.324 e. The van der Waals surface area contributed by atoms with Crippen LogP contribution in [0.3, 0.4) is 0 Å². The summed E-state index contributed by atoms with van der Waals surface area (Å²) in [6.07, 6.45) is 0. The van der Waals surface area contributed by atoms with E-state index in [1.165, 1.54) is 0 Å². The van der Waals surface area contributed by atoms with Crippen LogP contribution < -0.4 is 11.1 Å². The Morgan fingerprint density at radius 1 is 1.54 bits per heavy atom. The van der Waals surface area contributed by atoms with Crippen molar-refractivity contribution in [2.24, 2.45) is 5.73 Å². The molecule has 1 aromatic rings. The number of halogens is 1. The lowest BCUT2D eigenvalue weighted by Gasteiger charge is -2.14. The average molecular weight is 241 g/mol. The summed E-state index contributed by atoms with van der Waals surface area (Å²) in [6.45, 7) is 1.71. The summed E-state index contributed by atoms with van der Waals surface area (Å²) >= 11 is 3.33. The predicted molar refractivity (Wildman–Crippen MR) is 54.3 cm³/mol. The molecule has 13 heavy (non-hydrogen) atoms. The number of rotatable bonds is 0. The number of benzene rings is 1. The van der Waals surface area contributed by atoms with Gasteiger partial charge in [-0.15, -0.1) is 0 Å². The Morgan fingerprint density at radius 2 is 2.23 bits per heavy atom. The number of hydrogen-bond donors (Lipinski definition) is 2. The van der Waals surface area contributed by atoms with Crippen LogP contribution in [0.2, 0.25) is 0 Å². The van der Waals surface area contributed by atoms with Gasteiger partial charge in [-0.05, 0) is 19.1 Å². The molecular weight excluding hydrogens is 232 g/mol. The summed E-state index contributed by atoms with van der Waals surface area (Å²) in [5, 5.41) is 2.73. The molecule has 2 rings (SSSR count). The Morgan fingerprint density at radius 3 is 2.92 bits per heavy atom. The molecule has 1 atom stereocenters. The molecule has 0 spiro atoms. The standard InChI is InChI=1S/C9H9BrN2O/c1-9(11)6-3-2-5(10)4-7(6)12-8(9)13/h2-4H,11H2,1H3,(H,12,13)/t9-/m1/s1. The molecular formula is C9H9BrN2O. The van der Waals surface area contributed by atoms with Crippen LogP contribution in [-0.4, -0.2) is 5.91 Å². The maximum atomic E-state index is 11.4. The molecule has 0 aliphatic carbocycles. The lowest BCUT2D eigenvalue weighted by Crippen LogP contribution is -2.40. The summed E-state index contributed by atoms with van der Waals surface area (Å²) in [7, 11) is 0. The Labute approximate surface area is 84.4 Å². The number of amides is 1. The van der Waals surface area contributed by atoms with E-state index in [9.17, 15) is 4.79 Å². The van der Waals surface area contributed by atoms with Gasteiger partial charge in [0.1, 0.15) is 5.54 Å². The van der Waals surface area contributed by atoms with E-state index in [1.807, 2.05) is 18.2 Å². The maximum Gasteiger partial charge on any atom is 0.248 e. The van der Waals surface area contributed by atoms with Crippen molar-refractivity contribution in [1.82, 2.24) is 0 Å². The number of anilines is 1. The van der Waals surface area contributed by atoms with Crippen LogP contribution in [0.5, 0.6) is 0 Å². The van der Waals surface area contributed by atoms with Crippen molar-refractivity contribution in [1.29, 1.82) is 0 Å². The van der Waals surface area contributed by atoms with Crippen LogP contribution in [0.4, 0.5) is 5.69 Å². The molecule has 68 valence electrons. The summed E-state index contributed by atoms with van der Waals surface area (Å²) in [4.78, 5) is 11.4. The third-order valence-corrected chi connectivity index (χ3v) is 2.75. The SMILES string of the molecule is C[C@]1(N)C(=O)Nc2cc(Br)ccc21. The second-order valence-electron chi connectivity index (χ2n) is 3.35. The first kappa shape index (κ1) is 8.72. The van der Waals surface area contributed by atoms with E-state index < -0.39 is 5.54 Å². The first-order valence-electron chi connectivity index (χ1n) is 3.92. The molecule has 4 heteroatoms. The van der Waals surface area contributed by atoms with E-state index in [0.717, 1.165) is 15.7 Å². The normalized spacial score (nSPS) is 25.6. The zero-order chi connectivity index (χ0) is 9.64. The van der Waals surface area contributed by atoms with Gasteiger partial charge in [0, 0.05) is 15.7 Å². The third-order valence-electron chi connectivity index (χ3n) is 2.26. The molecule has 3 nitrogen and oxygen atoms in total. The van der Waals surface area contributed by atoms with Crippen LogP contribution in [0.1, 0.15) is 12.5 Å². The molecule has 0 radical (unpaired) electrons. The van der Waals surface area contributed by atoms with Crippen LogP contribution >= 0.6 is 15.9 Å². The van der Waals surface area contributed by atoms with Crippen molar-refractivity contribution in [3.8, 4) is 0 Å². The molecule has 0 saturated heterocycles. The number of nitrogens with two attached hydrogens (primary N) is 1. The van der Waals surface area contributed by atoms with Crippen molar-refractivity contribution in [3.63, 3.8) is 0 Å². The minimum atomic E-state index is -0.893. The minimum Gasteiger partial charge on any atom is -0.324 e. The first-order chi connectivity index (χ1) is 6.01. The van der Waals surface area contributed by atoms with Gasteiger partial charge in [0.2, 0.25) is 5.91 Å². The van der Waals surface area contributed by atoms with E-state index >= 15 is 0 Å². The maximum absolute atomic E-state index is 11.4. The number of carbonyl (C=O) groups excluding carboxylic acids is 1. The number of nitrogens with one attached hydrogen (secondary N) is 1. The van der Waals surface area contributed by atoms with Gasteiger partial charge in [-0.1, -0.05) is 22.0 Å². The Hall–Kier alpha value is -0.870. The monoisotopic (exact) mass is 240 g/mol. The summed E-state index contributed by atoms with van der Waals surface area (Å²) in [6, 6.07) is 5.59. The second kappa shape index (κ2) is 2.56. The Bertz CT molecular complexity index is 387. The van der Waals surface area contributed by atoms with Gasteiger partial charge in [-0.2, -0.15) is 0 Å². The van der Waals surface area contributed by atoms with Crippen LogP contribution in [0, 0.1) is 0 Å². The smallest absolute Gasteiger partial charge is 0.248 e. The molecule has 1 aliphatic heterocycles. The van der Waals surface area contributed by atoms with Crippen LogP contribution in [-0.2, 0) is 10.3 Å². The zero-order valence-corrected chi connectivity index (χ0v) is 8.68. The summed E-state index contributed by atoms with van der Waals surface area (Å²) in [5.41, 5.74) is 6.61. The van der Waals surface area contributed by atoms with Crippen molar-refractivity contribution in [2.75, 3.05) is 5.32 Å². The molecule has 0 unspecified atom stereocenters. The van der Waals surface area contributed by atoms with Gasteiger partial charge in [-0.25, -0.2) is 0 Å². The van der Waals surface area contributed by atoms with Crippen molar-refractivity contribution >= 4 is 27.5 Å². The van der Waals surface area contributed by atoms with E-state index in [2.05, 4.69) is 21.2 Å². The predicted octanol–water partition coefficient (Wildman–Crippen LogP) is 1.58. The topological polar surface area (TPSA) is 55.1 Å². The zero-order valence-electron chi connectivity index (χ0n) is 7.10.